The maximum absolute atomic E-state index is 12.1. The van der Waals surface area contributed by atoms with Crippen LogP contribution >= 0.6 is 0 Å². The second-order valence-electron chi connectivity index (χ2n) is 6.05. The summed E-state index contributed by atoms with van der Waals surface area (Å²) in [6, 6.07) is 9.56. The minimum Gasteiger partial charge on any atom is -0.481 e. The van der Waals surface area contributed by atoms with E-state index in [-0.39, 0.29) is 24.4 Å². The van der Waals surface area contributed by atoms with E-state index in [0.717, 1.165) is 5.69 Å². The van der Waals surface area contributed by atoms with Crippen molar-refractivity contribution in [3.63, 3.8) is 0 Å². The van der Waals surface area contributed by atoms with Gasteiger partial charge in [-0.05, 0) is 39.3 Å². The molecule has 2 N–H and O–H groups in total. The molecule has 1 aromatic rings. The van der Waals surface area contributed by atoms with Gasteiger partial charge in [0.25, 0.3) is 0 Å². The summed E-state index contributed by atoms with van der Waals surface area (Å²) in [4.78, 5) is 24.6. The Morgan fingerprint density at radius 1 is 1.19 bits per heavy atom. The molecule has 0 atom stereocenters. The Hall–Kier alpha value is -2.04. The highest BCUT2D eigenvalue weighted by Crippen LogP contribution is 2.14. The molecule has 21 heavy (non-hydrogen) atoms. The molecule has 0 aliphatic carbocycles. The van der Waals surface area contributed by atoms with E-state index in [4.69, 9.17) is 5.11 Å². The second kappa shape index (κ2) is 7.67. The first-order valence-electron chi connectivity index (χ1n) is 7.11. The molecular formula is C16H24N2O3. The number of anilines is 1. The topological polar surface area (TPSA) is 69.6 Å². The quantitative estimate of drug-likeness (QED) is 0.809. The predicted octanol–water partition coefficient (Wildman–Crippen LogP) is 2.27. The van der Waals surface area contributed by atoms with Gasteiger partial charge < -0.3 is 15.3 Å². The van der Waals surface area contributed by atoms with Crippen LogP contribution in [0.4, 0.5) is 5.69 Å². The van der Waals surface area contributed by atoms with Crippen LogP contribution in [-0.2, 0) is 9.59 Å². The number of carboxylic acids is 1. The van der Waals surface area contributed by atoms with Crippen LogP contribution in [-0.4, -0.2) is 35.6 Å². The smallest absolute Gasteiger partial charge is 0.303 e. The van der Waals surface area contributed by atoms with Crippen LogP contribution in [0.2, 0.25) is 0 Å². The maximum atomic E-state index is 12.1. The van der Waals surface area contributed by atoms with E-state index in [1.807, 2.05) is 56.0 Å². The fourth-order valence-corrected chi connectivity index (χ4v) is 1.99. The van der Waals surface area contributed by atoms with Crippen molar-refractivity contribution >= 4 is 17.6 Å². The van der Waals surface area contributed by atoms with E-state index >= 15 is 0 Å². The summed E-state index contributed by atoms with van der Waals surface area (Å²) in [7, 11) is 0. The summed E-state index contributed by atoms with van der Waals surface area (Å²) in [6.45, 7) is 6.56. The van der Waals surface area contributed by atoms with Crippen LogP contribution in [0, 0.1) is 0 Å². The third-order valence-electron chi connectivity index (χ3n) is 2.79. The minimum atomic E-state index is -0.817. The third kappa shape index (κ3) is 7.34. The van der Waals surface area contributed by atoms with Gasteiger partial charge in [-0.15, -0.1) is 0 Å². The molecule has 0 saturated heterocycles. The number of aliphatic carboxylic acids is 1. The monoisotopic (exact) mass is 292 g/mol. The summed E-state index contributed by atoms with van der Waals surface area (Å²) in [6.07, 6.45) is 0.608. The number of carboxylic acid groups (broad SMARTS) is 1. The normalized spacial score (nSPS) is 11.0. The van der Waals surface area contributed by atoms with Crippen molar-refractivity contribution in [3.8, 4) is 0 Å². The van der Waals surface area contributed by atoms with Crippen molar-refractivity contribution < 1.29 is 14.7 Å². The number of carbonyl (C=O) groups excluding carboxylic acids is 1. The number of para-hydroxylation sites is 1. The Morgan fingerprint density at radius 3 is 2.33 bits per heavy atom. The summed E-state index contributed by atoms with van der Waals surface area (Å²) in [5.41, 5.74) is 0.646. The zero-order valence-electron chi connectivity index (χ0n) is 12.9. The van der Waals surface area contributed by atoms with Crippen LogP contribution in [0.3, 0.4) is 0 Å². The average Bonchev–Trinajstić information content (AvgIpc) is 2.36. The van der Waals surface area contributed by atoms with Crippen molar-refractivity contribution in [2.45, 2.75) is 39.2 Å². The van der Waals surface area contributed by atoms with E-state index in [1.165, 1.54) is 0 Å². The van der Waals surface area contributed by atoms with Crippen LogP contribution in [0.25, 0.3) is 0 Å². The highest BCUT2D eigenvalue weighted by Gasteiger charge is 2.17. The van der Waals surface area contributed by atoms with E-state index < -0.39 is 5.97 Å². The molecule has 0 bridgehead atoms. The zero-order valence-corrected chi connectivity index (χ0v) is 12.9. The van der Waals surface area contributed by atoms with Gasteiger partial charge in [0.2, 0.25) is 5.91 Å². The Balaban J connectivity index is 2.68. The van der Waals surface area contributed by atoms with Crippen molar-refractivity contribution in [1.82, 2.24) is 5.32 Å². The lowest BCUT2D eigenvalue weighted by molar-refractivity contribution is -0.137. The SMILES string of the molecule is CC(C)(C)NC(=O)CN(CCCC(=O)O)c1ccccc1. The number of nitrogens with one attached hydrogen (secondary N) is 1. The standard InChI is InChI=1S/C16H24N2O3/c1-16(2,3)17-14(19)12-18(11-7-10-15(20)21)13-8-5-4-6-9-13/h4-6,8-9H,7,10-12H2,1-3H3,(H,17,19)(H,20,21). The largest absolute Gasteiger partial charge is 0.481 e. The number of benzene rings is 1. The van der Waals surface area contributed by atoms with Gasteiger partial charge in [-0.3, -0.25) is 9.59 Å². The van der Waals surface area contributed by atoms with Gasteiger partial charge in [0, 0.05) is 24.2 Å². The molecule has 0 aliphatic rings. The lowest BCUT2D eigenvalue weighted by Crippen LogP contribution is -2.46. The van der Waals surface area contributed by atoms with Gasteiger partial charge in [0.1, 0.15) is 0 Å². The Bertz CT molecular complexity index is 466. The average molecular weight is 292 g/mol. The number of rotatable bonds is 7. The molecule has 0 unspecified atom stereocenters. The number of nitrogens with zero attached hydrogens (tertiary/aromatic N) is 1. The summed E-state index contributed by atoms with van der Waals surface area (Å²) in [5, 5.41) is 11.7. The predicted molar refractivity (Wildman–Crippen MR) is 83.4 cm³/mol. The van der Waals surface area contributed by atoms with Crippen LogP contribution in [0.5, 0.6) is 0 Å². The Kier molecular flexibility index (Phi) is 6.21. The highest BCUT2D eigenvalue weighted by atomic mass is 16.4. The number of amides is 1. The van der Waals surface area contributed by atoms with Crippen molar-refractivity contribution in [1.29, 1.82) is 0 Å². The molecule has 1 rings (SSSR count). The van der Waals surface area contributed by atoms with Gasteiger partial charge in [0.15, 0.2) is 0 Å². The van der Waals surface area contributed by atoms with Gasteiger partial charge in [-0.1, -0.05) is 18.2 Å². The fraction of sp³-hybridized carbons (Fsp3) is 0.500. The first-order chi connectivity index (χ1) is 9.78. The van der Waals surface area contributed by atoms with Crippen LogP contribution < -0.4 is 10.2 Å². The molecule has 0 fully saturated rings. The van der Waals surface area contributed by atoms with Crippen molar-refractivity contribution in [3.05, 3.63) is 30.3 Å². The van der Waals surface area contributed by atoms with Crippen molar-refractivity contribution in [2.75, 3.05) is 18.0 Å². The van der Waals surface area contributed by atoms with Crippen LogP contribution in [0.1, 0.15) is 33.6 Å². The first-order valence-corrected chi connectivity index (χ1v) is 7.11. The summed E-state index contributed by atoms with van der Waals surface area (Å²) in [5.74, 6) is -0.885. The molecule has 1 aromatic carbocycles. The Morgan fingerprint density at radius 2 is 1.81 bits per heavy atom. The number of carbonyl (C=O) groups is 2. The third-order valence-corrected chi connectivity index (χ3v) is 2.79. The van der Waals surface area contributed by atoms with Crippen LogP contribution in [0.15, 0.2) is 30.3 Å². The summed E-state index contributed by atoms with van der Waals surface area (Å²) >= 11 is 0. The fourth-order valence-electron chi connectivity index (χ4n) is 1.99. The number of hydrogen-bond acceptors (Lipinski definition) is 3. The lowest BCUT2D eigenvalue weighted by atomic mass is 10.1. The molecule has 116 valence electrons. The molecule has 5 nitrogen and oxygen atoms in total. The van der Waals surface area contributed by atoms with Gasteiger partial charge in [-0.2, -0.15) is 0 Å². The second-order valence-corrected chi connectivity index (χ2v) is 6.05. The number of hydrogen-bond donors (Lipinski definition) is 2. The maximum Gasteiger partial charge on any atom is 0.303 e. The molecule has 0 heterocycles. The molecule has 1 amide bonds. The van der Waals surface area contributed by atoms with Gasteiger partial charge in [-0.25, -0.2) is 0 Å². The minimum absolute atomic E-state index is 0.0679. The molecule has 5 heteroatoms. The molecule has 0 aromatic heterocycles. The zero-order chi connectivity index (χ0) is 15.9. The van der Waals surface area contributed by atoms with Crippen molar-refractivity contribution in [2.24, 2.45) is 0 Å². The van der Waals surface area contributed by atoms with Gasteiger partial charge in [0.05, 0.1) is 6.54 Å². The summed E-state index contributed by atoms with van der Waals surface area (Å²) < 4.78 is 0. The molecule has 0 saturated carbocycles. The van der Waals surface area contributed by atoms with E-state index in [0.29, 0.717) is 13.0 Å². The first kappa shape index (κ1) is 17.0. The van der Waals surface area contributed by atoms with Gasteiger partial charge >= 0.3 is 5.97 Å². The molecular weight excluding hydrogens is 268 g/mol. The van der Waals surface area contributed by atoms with E-state index in [1.54, 1.807) is 0 Å². The molecule has 0 radical (unpaired) electrons. The molecule has 0 aliphatic heterocycles. The Labute approximate surface area is 126 Å². The van der Waals surface area contributed by atoms with E-state index in [9.17, 15) is 9.59 Å². The van der Waals surface area contributed by atoms with E-state index in [2.05, 4.69) is 5.32 Å². The lowest BCUT2D eigenvalue weighted by Gasteiger charge is -2.27. The highest BCUT2D eigenvalue weighted by molar-refractivity contribution is 5.82. The molecule has 0 spiro atoms.